The monoisotopic (exact) mass is 467 g/mol. The molecule has 0 fully saturated rings. The van der Waals surface area contributed by atoms with Crippen molar-refractivity contribution in [2.45, 2.75) is 32.9 Å². The van der Waals surface area contributed by atoms with Crippen LogP contribution in [0.3, 0.4) is 0 Å². The van der Waals surface area contributed by atoms with Gasteiger partial charge in [-0.1, -0.05) is 29.5 Å². The van der Waals surface area contributed by atoms with Gasteiger partial charge in [0.25, 0.3) is 5.56 Å². The lowest BCUT2D eigenvalue weighted by molar-refractivity contribution is -0.143. The predicted octanol–water partition coefficient (Wildman–Crippen LogP) is 3.31. The molecule has 0 saturated heterocycles. The summed E-state index contributed by atoms with van der Waals surface area (Å²) in [6, 6.07) is 11.3. The van der Waals surface area contributed by atoms with Crippen molar-refractivity contribution >= 4 is 40.4 Å². The largest absolute Gasteiger partial charge is 0.459 e. The maximum absolute atomic E-state index is 13.5. The summed E-state index contributed by atoms with van der Waals surface area (Å²) in [4.78, 5) is 34.6. The average Bonchev–Trinajstić information content (AvgIpc) is 3.36. The maximum atomic E-state index is 13.5. The van der Waals surface area contributed by atoms with Crippen LogP contribution in [-0.2, 0) is 9.53 Å². The minimum Gasteiger partial charge on any atom is -0.459 e. The Balaban J connectivity index is 1.86. The number of anilines is 1. The Morgan fingerprint density at radius 3 is 2.53 bits per heavy atom. The Kier molecular flexibility index (Phi) is 6.17. The van der Waals surface area contributed by atoms with E-state index in [1.165, 1.54) is 22.7 Å². The average molecular weight is 468 g/mol. The summed E-state index contributed by atoms with van der Waals surface area (Å²) in [5, 5.41) is 1.94. The fraction of sp³-hybridized carbons (Fsp3) is 0.292. The van der Waals surface area contributed by atoms with Crippen molar-refractivity contribution in [1.82, 2.24) is 4.57 Å². The molecule has 8 heteroatoms. The van der Waals surface area contributed by atoms with Gasteiger partial charge in [0.2, 0.25) is 0 Å². The molecule has 4 rings (SSSR count). The Morgan fingerprint density at radius 1 is 1.22 bits per heavy atom. The third-order valence-electron chi connectivity index (χ3n) is 5.10. The highest BCUT2D eigenvalue weighted by molar-refractivity contribution is 7.10. The first-order valence-electron chi connectivity index (χ1n) is 10.3. The van der Waals surface area contributed by atoms with Crippen molar-refractivity contribution in [2.75, 3.05) is 19.0 Å². The van der Waals surface area contributed by atoms with E-state index in [4.69, 9.17) is 4.74 Å². The number of fused-ring (bicyclic) bond motifs is 1. The second-order valence-electron chi connectivity index (χ2n) is 8.04. The van der Waals surface area contributed by atoms with Crippen LogP contribution in [0.1, 0.15) is 37.3 Å². The number of thiazole rings is 1. The number of ether oxygens (including phenoxy) is 1. The maximum Gasteiger partial charge on any atom is 0.338 e. The normalized spacial score (nSPS) is 16.2. The summed E-state index contributed by atoms with van der Waals surface area (Å²) in [6.07, 6.45) is 1.61. The number of aromatic nitrogens is 1. The molecule has 1 unspecified atom stereocenters. The molecular weight excluding hydrogens is 442 g/mol. The Labute approximate surface area is 194 Å². The van der Waals surface area contributed by atoms with E-state index in [0.717, 1.165) is 16.1 Å². The molecule has 1 aliphatic rings. The van der Waals surface area contributed by atoms with Gasteiger partial charge in [-0.15, -0.1) is 11.3 Å². The molecule has 0 saturated carbocycles. The quantitative estimate of drug-likeness (QED) is 0.540. The molecular formula is C24H25N3O3S2. The summed E-state index contributed by atoms with van der Waals surface area (Å²) >= 11 is 2.84. The van der Waals surface area contributed by atoms with E-state index in [0.29, 0.717) is 20.6 Å². The van der Waals surface area contributed by atoms with Gasteiger partial charge in [0.05, 0.1) is 21.9 Å². The van der Waals surface area contributed by atoms with Crippen LogP contribution in [0.5, 0.6) is 0 Å². The number of esters is 1. The van der Waals surface area contributed by atoms with E-state index in [1.807, 2.05) is 80.7 Å². The van der Waals surface area contributed by atoms with E-state index in [1.54, 1.807) is 11.5 Å². The molecule has 0 radical (unpaired) electrons. The van der Waals surface area contributed by atoms with Crippen molar-refractivity contribution in [3.63, 3.8) is 0 Å². The zero-order valence-electron chi connectivity index (χ0n) is 18.7. The highest BCUT2D eigenvalue weighted by atomic mass is 32.1. The van der Waals surface area contributed by atoms with Crippen molar-refractivity contribution in [1.29, 1.82) is 0 Å². The van der Waals surface area contributed by atoms with Gasteiger partial charge in [-0.05, 0) is 56.0 Å². The standard InChI is InChI=1S/C24H25N3O3S2/c1-14(2)30-23(29)20-15(3)25-24-27(21(20)18-7-6-12-31-18)22(28)19(32-24)13-16-8-10-17(11-9-16)26(4)5/h6-14,21H,1-5H3. The van der Waals surface area contributed by atoms with E-state index < -0.39 is 12.0 Å². The number of allylic oxidation sites excluding steroid dienone is 1. The van der Waals surface area contributed by atoms with Crippen LogP contribution < -0.4 is 19.8 Å². The first-order chi connectivity index (χ1) is 15.3. The second-order valence-corrected chi connectivity index (χ2v) is 10.0. The van der Waals surface area contributed by atoms with Crippen LogP contribution in [0.4, 0.5) is 5.69 Å². The van der Waals surface area contributed by atoms with Crippen molar-refractivity contribution in [3.8, 4) is 0 Å². The molecule has 1 aromatic carbocycles. The highest BCUT2D eigenvalue weighted by Crippen LogP contribution is 2.33. The number of carbonyl (C=O) groups is 1. The number of carbonyl (C=O) groups excluding carboxylic acids is 1. The Hall–Kier alpha value is -2.97. The van der Waals surface area contributed by atoms with E-state index in [2.05, 4.69) is 4.99 Å². The molecule has 0 spiro atoms. The fourth-order valence-corrected chi connectivity index (χ4v) is 5.47. The van der Waals surface area contributed by atoms with E-state index in [9.17, 15) is 9.59 Å². The lowest BCUT2D eigenvalue weighted by atomic mass is 10.0. The number of thiophene rings is 1. The molecule has 0 aliphatic carbocycles. The van der Waals surface area contributed by atoms with Crippen molar-refractivity contribution in [2.24, 2.45) is 4.99 Å². The van der Waals surface area contributed by atoms with Gasteiger partial charge in [-0.2, -0.15) is 0 Å². The topological polar surface area (TPSA) is 63.9 Å². The molecule has 2 aromatic heterocycles. The van der Waals surface area contributed by atoms with Crippen LogP contribution in [0.15, 0.2) is 62.8 Å². The van der Waals surface area contributed by atoms with Crippen molar-refractivity contribution < 1.29 is 9.53 Å². The van der Waals surface area contributed by atoms with Crippen LogP contribution in [-0.4, -0.2) is 30.7 Å². The van der Waals surface area contributed by atoms with Crippen LogP contribution in [0, 0.1) is 0 Å². The van der Waals surface area contributed by atoms with Gasteiger partial charge in [0.15, 0.2) is 4.80 Å². The number of nitrogens with zero attached hydrogens (tertiary/aromatic N) is 3. The van der Waals surface area contributed by atoms with Gasteiger partial charge in [-0.3, -0.25) is 9.36 Å². The molecule has 3 aromatic rings. The van der Waals surface area contributed by atoms with Gasteiger partial charge in [-0.25, -0.2) is 9.79 Å². The van der Waals surface area contributed by atoms with Crippen LogP contribution >= 0.6 is 22.7 Å². The smallest absolute Gasteiger partial charge is 0.338 e. The summed E-state index contributed by atoms with van der Waals surface area (Å²) in [6.45, 7) is 5.42. The minimum absolute atomic E-state index is 0.161. The number of benzene rings is 1. The lowest BCUT2D eigenvalue weighted by Gasteiger charge is -2.24. The van der Waals surface area contributed by atoms with E-state index >= 15 is 0 Å². The van der Waals surface area contributed by atoms with Gasteiger partial charge < -0.3 is 9.64 Å². The zero-order chi connectivity index (χ0) is 23.0. The SMILES string of the molecule is CC1=C(C(=O)OC(C)C)C(c2cccs2)n2c(sc(=Cc3ccc(N(C)C)cc3)c2=O)=N1. The highest BCUT2D eigenvalue weighted by Gasteiger charge is 2.34. The van der Waals surface area contributed by atoms with Gasteiger partial charge in [0.1, 0.15) is 6.04 Å². The molecule has 1 aliphatic heterocycles. The van der Waals surface area contributed by atoms with Crippen LogP contribution in [0.25, 0.3) is 6.08 Å². The fourth-order valence-electron chi connectivity index (χ4n) is 3.60. The second kappa shape index (κ2) is 8.88. The van der Waals surface area contributed by atoms with Gasteiger partial charge >= 0.3 is 5.97 Å². The molecule has 0 amide bonds. The number of hydrogen-bond donors (Lipinski definition) is 0. The molecule has 0 N–H and O–H groups in total. The summed E-state index contributed by atoms with van der Waals surface area (Å²) in [7, 11) is 3.98. The predicted molar refractivity (Wildman–Crippen MR) is 130 cm³/mol. The summed E-state index contributed by atoms with van der Waals surface area (Å²) in [5.74, 6) is -0.437. The molecule has 1 atom stereocenters. The first kappa shape index (κ1) is 22.2. The molecule has 0 bridgehead atoms. The van der Waals surface area contributed by atoms with Gasteiger partial charge in [0, 0.05) is 24.7 Å². The minimum atomic E-state index is -0.546. The molecule has 3 heterocycles. The molecule has 6 nitrogen and oxygen atoms in total. The van der Waals surface area contributed by atoms with Crippen molar-refractivity contribution in [3.05, 3.63) is 83.2 Å². The Morgan fingerprint density at radius 2 is 1.94 bits per heavy atom. The third kappa shape index (κ3) is 4.20. The Bertz CT molecular complexity index is 1340. The van der Waals surface area contributed by atoms with Crippen LogP contribution in [0.2, 0.25) is 0 Å². The third-order valence-corrected chi connectivity index (χ3v) is 7.01. The summed E-state index contributed by atoms with van der Waals surface area (Å²) in [5.41, 5.74) is 2.85. The summed E-state index contributed by atoms with van der Waals surface area (Å²) < 4.78 is 7.70. The molecule has 32 heavy (non-hydrogen) atoms. The number of hydrogen-bond acceptors (Lipinski definition) is 7. The molecule has 166 valence electrons. The zero-order valence-corrected chi connectivity index (χ0v) is 20.3. The lowest BCUT2D eigenvalue weighted by Crippen LogP contribution is -2.39. The first-order valence-corrected chi connectivity index (χ1v) is 12.0. The number of rotatable bonds is 5. The van der Waals surface area contributed by atoms with E-state index in [-0.39, 0.29) is 11.7 Å².